The first kappa shape index (κ1) is 13.9. The highest BCUT2D eigenvalue weighted by Gasteiger charge is 2.26. The van der Waals surface area contributed by atoms with E-state index in [1.165, 1.54) is 0 Å². The van der Waals surface area contributed by atoms with Gasteiger partial charge in [-0.2, -0.15) is 0 Å². The summed E-state index contributed by atoms with van der Waals surface area (Å²) in [6, 6.07) is 7.50. The minimum Gasteiger partial charge on any atom is -0.497 e. The predicted octanol–water partition coefficient (Wildman–Crippen LogP) is 2.52. The maximum Gasteiger partial charge on any atom is 0.320 e. The molecule has 104 valence electrons. The van der Waals surface area contributed by atoms with E-state index in [0.29, 0.717) is 6.54 Å². The van der Waals surface area contributed by atoms with Gasteiger partial charge in [-0.15, -0.1) is 0 Å². The number of aliphatic carboxylic acids is 1. The lowest BCUT2D eigenvalue weighted by Crippen LogP contribution is -2.40. The average molecular weight is 263 g/mol. The number of rotatable bonds is 4. The first-order chi connectivity index (χ1) is 9.20. The Bertz CT molecular complexity index is 416. The van der Waals surface area contributed by atoms with Gasteiger partial charge >= 0.3 is 5.97 Å². The quantitative estimate of drug-likeness (QED) is 0.907. The summed E-state index contributed by atoms with van der Waals surface area (Å²) in [5.41, 5.74) is 1.13. The lowest BCUT2D eigenvalue weighted by molar-refractivity contribution is -0.143. The summed E-state index contributed by atoms with van der Waals surface area (Å²) in [4.78, 5) is 13.4. The molecule has 1 heterocycles. The molecule has 0 saturated carbocycles. The van der Waals surface area contributed by atoms with Crippen LogP contribution in [0.1, 0.15) is 31.2 Å². The van der Waals surface area contributed by atoms with E-state index in [1.807, 2.05) is 24.3 Å². The Balaban J connectivity index is 2.06. The number of carbonyl (C=O) groups is 1. The number of carboxylic acid groups (broad SMARTS) is 1. The van der Waals surface area contributed by atoms with Gasteiger partial charge in [0, 0.05) is 6.54 Å². The fraction of sp³-hybridized carbons (Fsp3) is 0.533. The second-order valence-electron chi connectivity index (χ2n) is 5.02. The molecule has 1 atom stereocenters. The molecule has 1 unspecified atom stereocenters. The highest BCUT2D eigenvalue weighted by molar-refractivity contribution is 5.73. The van der Waals surface area contributed by atoms with Crippen LogP contribution in [0.15, 0.2) is 24.3 Å². The van der Waals surface area contributed by atoms with Crippen LogP contribution in [0.4, 0.5) is 0 Å². The molecular weight excluding hydrogens is 242 g/mol. The van der Waals surface area contributed by atoms with E-state index in [0.717, 1.165) is 43.5 Å². The van der Waals surface area contributed by atoms with E-state index in [4.69, 9.17) is 4.74 Å². The molecule has 1 aliphatic heterocycles. The van der Waals surface area contributed by atoms with Gasteiger partial charge in [0.25, 0.3) is 0 Å². The molecule has 19 heavy (non-hydrogen) atoms. The van der Waals surface area contributed by atoms with Crippen molar-refractivity contribution in [3.8, 4) is 5.75 Å². The second kappa shape index (κ2) is 6.57. The number of benzene rings is 1. The fourth-order valence-electron chi connectivity index (χ4n) is 2.60. The molecule has 1 N–H and O–H groups in total. The number of methoxy groups -OCH3 is 1. The van der Waals surface area contributed by atoms with Gasteiger partial charge < -0.3 is 9.84 Å². The van der Waals surface area contributed by atoms with E-state index < -0.39 is 5.97 Å². The maximum atomic E-state index is 11.3. The van der Waals surface area contributed by atoms with E-state index in [-0.39, 0.29) is 6.04 Å². The summed E-state index contributed by atoms with van der Waals surface area (Å²) < 4.78 is 5.13. The van der Waals surface area contributed by atoms with Crippen LogP contribution in [-0.2, 0) is 11.3 Å². The van der Waals surface area contributed by atoms with E-state index >= 15 is 0 Å². The van der Waals surface area contributed by atoms with Gasteiger partial charge in [-0.25, -0.2) is 0 Å². The average Bonchev–Trinajstić information content (AvgIpc) is 2.65. The van der Waals surface area contributed by atoms with Crippen LogP contribution in [0.5, 0.6) is 5.75 Å². The molecule has 2 rings (SSSR count). The van der Waals surface area contributed by atoms with Crippen molar-refractivity contribution in [1.29, 1.82) is 0 Å². The van der Waals surface area contributed by atoms with Gasteiger partial charge in [-0.3, -0.25) is 9.69 Å². The van der Waals surface area contributed by atoms with Crippen LogP contribution < -0.4 is 4.74 Å². The molecule has 1 aromatic carbocycles. The number of hydrogen-bond donors (Lipinski definition) is 1. The smallest absolute Gasteiger partial charge is 0.320 e. The zero-order chi connectivity index (χ0) is 13.7. The Morgan fingerprint density at radius 1 is 1.32 bits per heavy atom. The minimum absolute atomic E-state index is 0.343. The molecule has 0 radical (unpaired) electrons. The lowest BCUT2D eigenvalue weighted by Gasteiger charge is -2.26. The fourth-order valence-corrected chi connectivity index (χ4v) is 2.60. The zero-order valence-electron chi connectivity index (χ0n) is 11.3. The first-order valence-electron chi connectivity index (χ1n) is 6.80. The standard InChI is InChI=1S/C15H21NO3/c1-19-13-8-6-12(7-9-13)11-16-10-4-2-3-5-14(16)15(17)18/h6-9,14H,2-5,10-11H2,1H3,(H,17,18). The molecule has 0 aliphatic carbocycles. The van der Waals surface area contributed by atoms with Gasteiger partial charge in [0.1, 0.15) is 11.8 Å². The van der Waals surface area contributed by atoms with Crippen molar-refractivity contribution < 1.29 is 14.6 Å². The molecule has 1 aliphatic rings. The molecule has 0 bridgehead atoms. The van der Waals surface area contributed by atoms with Crippen LogP contribution in [0, 0.1) is 0 Å². The van der Waals surface area contributed by atoms with Crippen molar-refractivity contribution in [3.05, 3.63) is 29.8 Å². The van der Waals surface area contributed by atoms with Crippen molar-refractivity contribution >= 4 is 5.97 Å². The van der Waals surface area contributed by atoms with Gasteiger partial charge in [0.15, 0.2) is 0 Å². The highest BCUT2D eigenvalue weighted by atomic mass is 16.5. The first-order valence-corrected chi connectivity index (χ1v) is 6.80. The predicted molar refractivity (Wildman–Crippen MR) is 73.3 cm³/mol. The van der Waals surface area contributed by atoms with Crippen LogP contribution in [-0.4, -0.2) is 35.7 Å². The van der Waals surface area contributed by atoms with Crippen molar-refractivity contribution in [2.75, 3.05) is 13.7 Å². The van der Waals surface area contributed by atoms with Gasteiger partial charge in [-0.05, 0) is 37.1 Å². The molecule has 0 spiro atoms. The Hall–Kier alpha value is -1.55. The molecule has 1 aromatic rings. The Labute approximate surface area is 114 Å². The van der Waals surface area contributed by atoms with Crippen LogP contribution >= 0.6 is 0 Å². The number of ether oxygens (including phenoxy) is 1. The molecule has 1 saturated heterocycles. The van der Waals surface area contributed by atoms with E-state index in [1.54, 1.807) is 7.11 Å². The van der Waals surface area contributed by atoms with Crippen molar-refractivity contribution in [1.82, 2.24) is 4.90 Å². The Morgan fingerprint density at radius 2 is 2.05 bits per heavy atom. The van der Waals surface area contributed by atoms with E-state index in [9.17, 15) is 9.90 Å². The largest absolute Gasteiger partial charge is 0.497 e. The zero-order valence-corrected chi connectivity index (χ0v) is 11.3. The topological polar surface area (TPSA) is 49.8 Å². The third kappa shape index (κ3) is 3.70. The van der Waals surface area contributed by atoms with Crippen LogP contribution in [0.3, 0.4) is 0 Å². The third-order valence-corrected chi connectivity index (χ3v) is 3.69. The lowest BCUT2D eigenvalue weighted by atomic mass is 10.1. The third-order valence-electron chi connectivity index (χ3n) is 3.69. The SMILES string of the molecule is COc1ccc(CN2CCCCCC2C(=O)O)cc1. The number of nitrogens with zero attached hydrogens (tertiary/aromatic N) is 1. The molecule has 4 nitrogen and oxygen atoms in total. The van der Waals surface area contributed by atoms with Crippen molar-refractivity contribution in [2.24, 2.45) is 0 Å². The number of hydrogen-bond acceptors (Lipinski definition) is 3. The van der Waals surface area contributed by atoms with Crippen LogP contribution in [0.2, 0.25) is 0 Å². The monoisotopic (exact) mass is 263 g/mol. The molecule has 0 amide bonds. The number of carboxylic acids is 1. The molecular formula is C15H21NO3. The van der Waals surface area contributed by atoms with Gasteiger partial charge in [-0.1, -0.05) is 25.0 Å². The van der Waals surface area contributed by atoms with Gasteiger partial charge in [0.2, 0.25) is 0 Å². The van der Waals surface area contributed by atoms with Crippen molar-refractivity contribution in [3.63, 3.8) is 0 Å². The Kier molecular flexibility index (Phi) is 4.80. The van der Waals surface area contributed by atoms with Crippen molar-refractivity contribution in [2.45, 2.75) is 38.3 Å². The minimum atomic E-state index is -0.699. The summed E-state index contributed by atoms with van der Waals surface area (Å²) in [5.74, 6) is 0.129. The summed E-state index contributed by atoms with van der Waals surface area (Å²) in [7, 11) is 1.64. The molecule has 1 fully saturated rings. The van der Waals surface area contributed by atoms with Crippen LogP contribution in [0.25, 0.3) is 0 Å². The normalized spacial score (nSPS) is 20.8. The maximum absolute atomic E-state index is 11.3. The number of likely N-dealkylation sites (tertiary alicyclic amines) is 1. The molecule has 0 aromatic heterocycles. The summed E-state index contributed by atoms with van der Waals surface area (Å²) in [5, 5.41) is 9.33. The summed E-state index contributed by atoms with van der Waals surface area (Å²) >= 11 is 0. The van der Waals surface area contributed by atoms with Gasteiger partial charge in [0.05, 0.1) is 7.11 Å². The Morgan fingerprint density at radius 3 is 2.68 bits per heavy atom. The summed E-state index contributed by atoms with van der Waals surface area (Å²) in [6.07, 6.45) is 3.98. The second-order valence-corrected chi connectivity index (χ2v) is 5.02. The summed E-state index contributed by atoms with van der Waals surface area (Å²) in [6.45, 7) is 1.56. The van der Waals surface area contributed by atoms with E-state index in [2.05, 4.69) is 4.90 Å². The molecule has 4 heteroatoms. The highest BCUT2D eigenvalue weighted by Crippen LogP contribution is 2.20.